The van der Waals surface area contributed by atoms with Crippen LogP contribution in [0.5, 0.6) is 0 Å². The zero-order valence-electron chi connectivity index (χ0n) is 17.1. The Kier molecular flexibility index (Phi) is 6.05. The average Bonchev–Trinajstić information content (AvgIpc) is 2.73. The quantitative estimate of drug-likeness (QED) is 0.714. The summed E-state index contributed by atoms with van der Waals surface area (Å²) in [7, 11) is -7.12. The van der Waals surface area contributed by atoms with Gasteiger partial charge >= 0.3 is 0 Å². The number of benzene rings is 1. The lowest BCUT2D eigenvalue weighted by molar-refractivity contribution is 0.228. The molecule has 1 aromatic carbocycles. The number of piperazine rings is 1. The maximum Gasteiger partial charge on any atom is 0.282 e. The van der Waals surface area contributed by atoms with Gasteiger partial charge in [0.05, 0.1) is 4.90 Å². The van der Waals surface area contributed by atoms with Gasteiger partial charge in [-0.25, -0.2) is 8.42 Å². The lowest BCUT2D eigenvalue weighted by Gasteiger charge is -2.38. The molecule has 0 amide bonds. The van der Waals surface area contributed by atoms with Crippen molar-refractivity contribution in [2.24, 2.45) is 5.92 Å². The summed E-state index contributed by atoms with van der Waals surface area (Å²) in [5.41, 5.74) is 2.39. The Morgan fingerprint density at radius 1 is 0.793 bits per heavy atom. The summed E-state index contributed by atoms with van der Waals surface area (Å²) in [6, 6.07) is 5.47. The molecular formula is C20H31N3O4S2. The molecule has 0 radical (unpaired) electrons. The predicted octanol–water partition coefficient (Wildman–Crippen LogP) is 1.85. The fourth-order valence-electron chi connectivity index (χ4n) is 4.68. The summed E-state index contributed by atoms with van der Waals surface area (Å²) in [6.07, 6.45) is 6.14. The van der Waals surface area contributed by atoms with Crippen molar-refractivity contribution in [2.45, 2.75) is 50.3 Å². The lowest BCUT2D eigenvalue weighted by atomic mass is 9.92. The van der Waals surface area contributed by atoms with Crippen LogP contribution in [0.2, 0.25) is 0 Å². The van der Waals surface area contributed by atoms with Crippen LogP contribution in [-0.2, 0) is 33.1 Å². The second-order valence-corrected chi connectivity index (χ2v) is 12.4. The number of fused-ring (bicyclic) bond motifs is 1. The van der Waals surface area contributed by atoms with Crippen molar-refractivity contribution in [1.29, 1.82) is 0 Å². The standard InChI is InChI=1S/C20H31N3O4S2/c1-17-5-4-10-23(16-17)29(26,27)22-13-11-21(12-14-22)28(24,25)20-9-8-18-6-2-3-7-19(18)15-20/h8-9,15,17H,2-7,10-14,16H2,1H3. The first-order valence-electron chi connectivity index (χ1n) is 10.7. The number of piperidine rings is 1. The first-order valence-corrected chi connectivity index (χ1v) is 13.5. The Bertz CT molecular complexity index is 954. The van der Waals surface area contributed by atoms with Crippen molar-refractivity contribution in [2.75, 3.05) is 39.3 Å². The summed E-state index contributed by atoms with van der Waals surface area (Å²) >= 11 is 0. The number of nitrogens with zero attached hydrogens (tertiary/aromatic N) is 3. The van der Waals surface area contributed by atoms with E-state index in [-0.39, 0.29) is 26.2 Å². The van der Waals surface area contributed by atoms with E-state index in [4.69, 9.17) is 0 Å². The van der Waals surface area contributed by atoms with E-state index in [2.05, 4.69) is 6.92 Å². The highest BCUT2D eigenvalue weighted by Crippen LogP contribution is 2.27. The molecule has 162 valence electrons. The van der Waals surface area contributed by atoms with Crippen LogP contribution in [0.4, 0.5) is 0 Å². The zero-order chi connectivity index (χ0) is 20.6. The summed E-state index contributed by atoms with van der Waals surface area (Å²) in [4.78, 5) is 0.333. The maximum absolute atomic E-state index is 13.1. The summed E-state index contributed by atoms with van der Waals surface area (Å²) in [5, 5.41) is 0. The topological polar surface area (TPSA) is 78.0 Å². The minimum atomic E-state index is -3.60. The molecule has 2 fully saturated rings. The molecule has 9 heteroatoms. The Morgan fingerprint density at radius 3 is 2.14 bits per heavy atom. The molecule has 2 saturated heterocycles. The molecule has 0 bridgehead atoms. The molecule has 0 saturated carbocycles. The minimum absolute atomic E-state index is 0.196. The molecule has 1 aromatic rings. The molecule has 1 unspecified atom stereocenters. The van der Waals surface area contributed by atoms with Gasteiger partial charge in [-0.05, 0) is 67.7 Å². The zero-order valence-corrected chi connectivity index (χ0v) is 18.7. The molecule has 4 rings (SSSR count). The number of aryl methyl sites for hydroxylation is 2. The fourth-order valence-corrected chi connectivity index (χ4v) is 7.91. The molecule has 29 heavy (non-hydrogen) atoms. The normalized spacial score (nSPS) is 25.6. The van der Waals surface area contributed by atoms with Gasteiger partial charge in [0.15, 0.2) is 0 Å². The van der Waals surface area contributed by atoms with Crippen molar-refractivity contribution < 1.29 is 16.8 Å². The summed E-state index contributed by atoms with van der Waals surface area (Å²) in [5.74, 6) is 0.365. The van der Waals surface area contributed by atoms with E-state index < -0.39 is 20.2 Å². The third-order valence-corrected chi connectivity index (χ3v) is 10.3. The van der Waals surface area contributed by atoms with E-state index in [9.17, 15) is 16.8 Å². The van der Waals surface area contributed by atoms with Crippen molar-refractivity contribution in [1.82, 2.24) is 12.9 Å². The molecule has 1 aliphatic carbocycles. The number of hydrogen-bond acceptors (Lipinski definition) is 4. The van der Waals surface area contributed by atoms with Gasteiger partial charge < -0.3 is 0 Å². The Balaban J connectivity index is 1.45. The van der Waals surface area contributed by atoms with E-state index in [1.54, 1.807) is 10.4 Å². The number of hydrogen-bond donors (Lipinski definition) is 0. The van der Waals surface area contributed by atoms with E-state index in [1.807, 2.05) is 12.1 Å². The summed E-state index contributed by atoms with van der Waals surface area (Å²) < 4.78 is 56.6. The van der Waals surface area contributed by atoms with Crippen molar-refractivity contribution in [3.05, 3.63) is 29.3 Å². The highest BCUT2D eigenvalue weighted by Gasteiger charge is 2.37. The minimum Gasteiger partial charge on any atom is -0.207 e. The molecule has 7 nitrogen and oxygen atoms in total. The van der Waals surface area contributed by atoms with E-state index >= 15 is 0 Å². The molecule has 0 N–H and O–H groups in total. The van der Waals surface area contributed by atoms with Gasteiger partial charge in [-0.3, -0.25) is 0 Å². The van der Waals surface area contributed by atoms with Crippen molar-refractivity contribution in [3.8, 4) is 0 Å². The van der Waals surface area contributed by atoms with Gasteiger partial charge in [0.2, 0.25) is 10.0 Å². The SMILES string of the molecule is CC1CCCN(S(=O)(=O)N2CCN(S(=O)(=O)c3ccc4c(c3)CCCC4)CC2)C1. The molecule has 2 aliphatic heterocycles. The highest BCUT2D eigenvalue weighted by atomic mass is 32.2. The predicted molar refractivity (Wildman–Crippen MR) is 112 cm³/mol. The molecule has 1 atom stereocenters. The Labute approximate surface area is 174 Å². The van der Waals surface area contributed by atoms with Gasteiger partial charge in [-0.15, -0.1) is 0 Å². The van der Waals surface area contributed by atoms with Gasteiger partial charge in [-0.1, -0.05) is 13.0 Å². The van der Waals surface area contributed by atoms with E-state index in [1.165, 1.54) is 14.2 Å². The average molecular weight is 442 g/mol. The van der Waals surface area contributed by atoms with Gasteiger partial charge in [0.25, 0.3) is 10.2 Å². The number of rotatable bonds is 4. The Hall–Kier alpha value is -1.00. The van der Waals surface area contributed by atoms with Crippen LogP contribution in [0.25, 0.3) is 0 Å². The molecule has 3 aliphatic rings. The maximum atomic E-state index is 13.1. The van der Waals surface area contributed by atoms with Gasteiger partial charge in [-0.2, -0.15) is 21.3 Å². The second kappa shape index (κ2) is 8.26. The smallest absolute Gasteiger partial charge is 0.207 e. The Morgan fingerprint density at radius 2 is 1.45 bits per heavy atom. The first kappa shape index (κ1) is 21.2. The van der Waals surface area contributed by atoms with Gasteiger partial charge in [0.1, 0.15) is 0 Å². The monoisotopic (exact) mass is 441 g/mol. The highest BCUT2D eigenvalue weighted by molar-refractivity contribution is 7.89. The first-order chi connectivity index (χ1) is 13.8. The van der Waals surface area contributed by atoms with Crippen LogP contribution in [-0.4, -0.2) is 69.0 Å². The third-order valence-electron chi connectivity index (χ3n) is 6.43. The molecule has 0 spiro atoms. The van der Waals surface area contributed by atoms with Crippen molar-refractivity contribution >= 4 is 20.2 Å². The summed E-state index contributed by atoms with van der Waals surface area (Å²) in [6.45, 7) is 3.99. The lowest BCUT2D eigenvalue weighted by Crippen LogP contribution is -2.55. The molecular weight excluding hydrogens is 410 g/mol. The van der Waals surface area contributed by atoms with E-state index in [0.29, 0.717) is 23.9 Å². The van der Waals surface area contributed by atoms with Crippen LogP contribution in [0.15, 0.2) is 23.1 Å². The second-order valence-electron chi connectivity index (χ2n) is 8.55. The fraction of sp³-hybridized carbons (Fsp3) is 0.700. The number of sulfonamides is 1. The largest absolute Gasteiger partial charge is 0.282 e. The van der Waals surface area contributed by atoms with Crippen LogP contribution < -0.4 is 0 Å². The van der Waals surface area contributed by atoms with Crippen LogP contribution in [0.1, 0.15) is 43.7 Å². The third kappa shape index (κ3) is 4.25. The van der Waals surface area contributed by atoms with Crippen LogP contribution >= 0.6 is 0 Å². The van der Waals surface area contributed by atoms with Crippen LogP contribution in [0, 0.1) is 5.92 Å². The molecule has 2 heterocycles. The van der Waals surface area contributed by atoms with Gasteiger partial charge in [0, 0.05) is 39.3 Å². The van der Waals surface area contributed by atoms with Crippen molar-refractivity contribution in [3.63, 3.8) is 0 Å². The van der Waals surface area contributed by atoms with E-state index in [0.717, 1.165) is 44.1 Å². The molecule has 0 aromatic heterocycles. The van der Waals surface area contributed by atoms with Crippen LogP contribution in [0.3, 0.4) is 0 Å².